The maximum absolute atomic E-state index is 11.8. The van der Waals surface area contributed by atoms with Crippen LogP contribution in [0, 0.1) is 11.8 Å². The number of hydrogen-bond acceptors (Lipinski definition) is 3. The minimum absolute atomic E-state index is 0.0161. The lowest BCUT2D eigenvalue weighted by Gasteiger charge is -2.05. The Hall–Kier alpha value is -2.17. The smallest absolute Gasteiger partial charge is 0.261 e. The molecule has 0 saturated heterocycles. The fourth-order valence-corrected chi connectivity index (χ4v) is 2.36. The van der Waals surface area contributed by atoms with Crippen molar-refractivity contribution < 1.29 is 14.4 Å². The van der Waals surface area contributed by atoms with E-state index in [4.69, 9.17) is 0 Å². The van der Waals surface area contributed by atoms with Crippen molar-refractivity contribution in [1.82, 2.24) is 4.90 Å². The zero-order valence-corrected chi connectivity index (χ0v) is 10.8. The van der Waals surface area contributed by atoms with Gasteiger partial charge in [-0.2, -0.15) is 0 Å². The van der Waals surface area contributed by atoms with Gasteiger partial charge in [0, 0.05) is 18.7 Å². The van der Waals surface area contributed by atoms with Crippen molar-refractivity contribution in [2.24, 2.45) is 11.8 Å². The summed E-state index contributed by atoms with van der Waals surface area (Å²) in [7, 11) is 1.45. The lowest BCUT2D eigenvalue weighted by Crippen LogP contribution is -2.24. The summed E-state index contributed by atoms with van der Waals surface area (Å²) in [6.07, 6.45) is 0.914. The Morgan fingerprint density at radius 2 is 1.89 bits per heavy atom. The minimum Gasteiger partial charge on any atom is -0.326 e. The Balaban J connectivity index is 1.85. The molecule has 0 unspecified atom stereocenters. The van der Waals surface area contributed by atoms with E-state index >= 15 is 0 Å². The molecule has 1 aliphatic carbocycles. The van der Waals surface area contributed by atoms with E-state index in [9.17, 15) is 14.4 Å². The lowest BCUT2D eigenvalue weighted by atomic mass is 10.1. The Kier molecular flexibility index (Phi) is 2.45. The number of carbonyl (C=O) groups excluding carboxylic acids is 3. The average molecular weight is 258 g/mol. The molecule has 0 spiro atoms. The molecule has 98 valence electrons. The van der Waals surface area contributed by atoms with Gasteiger partial charge in [0.25, 0.3) is 11.8 Å². The molecule has 19 heavy (non-hydrogen) atoms. The van der Waals surface area contributed by atoms with Gasteiger partial charge in [0.2, 0.25) is 5.91 Å². The number of amides is 3. The quantitative estimate of drug-likeness (QED) is 0.818. The monoisotopic (exact) mass is 258 g/mol. The van der Waals surface area contributed by atoms with E-state index in [0.717, 1.165) is 11.3 Å². The van der Waals surface area contributed by atoms with Gasteiger partial charge in [-0.1, -0.05) is 6.92 Å². The predicted molar refractivity (Wildman–Crippen MR) is 68.8 cm³/mol. The second-order valence-corrected chi connectivity index (χ2v) is 5.24. The normalized spacial score (nSPS) is 24.4. The molecule has 1 fully saturated rings. The van der Waals surface area contributed by atoms with Crippen molar-refractivity contribution in [3.8, 4) is 0 Å². The molecule has 0 radical (unpaired) electrons. The average Bonchev–Trinajstić information content (AvgIpc) is 3.08. The number of benzene rings is 1. The second-order valence-electron chi connectivity index (χ2n) is 5.24. The van der Waals surface area contributed by atoms with Crippen LogP contribution in [0.25, 0.3) is 0 Å². The first-order chi connectivity index (χ1) is 8.99. The molecule has 2 aliphatic rings. The van der Waals surface area contributed by atoms with Crippen LogP contribution >= 0.6 is 0 Å². The van der Waals surface area contributed by atoms with Gasteiger partial charge in [-0.05, 0) is 30.5 Å². The van der Waals surface area contributed by atoms with Crippen molar-refractivity contribution in [1.29, 1.82) is 0 Å². The number of fused-ring (bicyclic) bond motifs is 1. The summed E-state index contributed by atoms with van der Waals surface area (Å²) in [5, 5.41) is 2.79. The summed E-state index contributed by atoms with van der Waals surface area (Å²) >= 11 is 0. The third kappa shape index (κ3) is 1.82. The Morgan fingerprint density at radius 3 is 2.53 bits per heavy atom. The van der Waals surface area contributed by atoms with E-state index < -0.39 is 0 Å². The van der Waals surface area contributed by atoms with Crippen LogP contribution in [0.1, 0.15) is 34.1 Å². The Bertz CT molecular complexity index is 609. The van der Waals surface area contributed by atoms with E-state index in [1.54, 1.807) is 18.2 Å². The van der Waals surface area contributed by atoms with E-state index in [1.165, 1.54) is 7.05 Å². The molecule has 3 amide bonds. The third-order valence-electron chi connectivity index (χ3n) is 3.80. The largest absolute Gasteiger partial charge is 0.326 e. The first-order valence-electron chi connectivity index (χ1n) is 6.26. The molecule has 3 rings (SSSR count). The minimum atomic E-state index is -0.323. The fraction of sp³-hybridized carbons (Fsp3) is 0.357. The first-order valence-corrected chi connectivity index (χ1v) is 6.26. The van der Waals surface area contributed by atoms with Crippen LogP contribution in [-0.4, -0.2) is 29.7 Å². The molecule has 0 bridgehead atoms. The molecule has 1 aromatic rings. The topological polar surface area (TPSA) is 66.5 Å². The van der Waals surface area contributed by atoms with Gasteiger partial charge in [0.05, 0.1) is 11.1 Å². The van der Waals surface area contributed by atoms with Gasteiger partial charge in [0.15, 0.2) is 0 Å². The standard InChI is InChI=1S/C14H14N2O3/c1-7-5-10(7)12(17)15-8-3-4-9-11(6-8)14(19)16(2)13(9)18/h3-4,6-7,10H,5H2,1-2H3,(H,15,17)/t7-,10+/m1/s1. The van der Waals surface area contributed by atoms with Crippen LogP contribution in [-0.2, 0) is 4.79 Å². The van der Waals surface area contributed by atoms with Crippen LogP contribution in [0.3, 0.4) is 0 Å². The number of carbonyl (C=O) groups is 3. The number of imide groups is 1. The fourth-order valence-electron chi connectivity index (χ4n) is 2.36. The summed E-state index contributed by atoms with van der Waals surface area (Å²) in [5.74, 6) is -0.126. The number of nitrogens with zero attached hydrogens (tertiary/aromatic N) is 1. The van der Waals surface area contributed by atoms with Gasteiger partial charge in [0.1, 0.15) is 0 Å². The molecule has 1 heterocycles. The number of rotatable bonds is 2. The summed E-state index contributed by atoms with van der Waals surface area (Å²) in [6, 6.07) is 4.82. The second kappa shape index (κ2) is 3.91. The number of nitrogens with one attached hydrogen (secondary N) is 1. The molecule has 1 aromatic carbocycles. The maximum Gasteiger partial charge on any atom is 0.261 e. The predicted octanol–water partition coefficient (Wildman–Crippen LogP) is 1.51. The van der Waals surface area contributed by atoms with Crippen molar-refractivity contribution >= 4 is 23.4 Å². The zero-order chi connectivity index (χ0) is 13.7. The third-order valence-corrected chi connectivity index (χ3v) is 3.80. The molecule has 5 heteroatoms. The molecule has 5 nitrogen and oxygen atoms in total. The van der Waals surface area contributed by atoms with Crippen LogP contribution < -0.4 is 5.32 Å². The van der Waals surface area contributed by atoms with Crippen LogP contribution in [0.4, 0.5) is 5.69 Å². The SMILES string of the molecule is C[C@@H]1C[C@@H]1C(=O)Nc1ccc2c(c1)C(=O)N(C)C2=O. The van der Waals surface area contributed by atoms with E-state index in [2.05, 4.69) is 5.32 Å². The molecule has 2 atom stereocenters. The van der Waals surface area contributed by atoms with Gasteiger partial charge in [-0.3, -0.25) is 19.3 Å². The molecular formula is C14H14N2O3. The van der Waals surface area contributed by atoms with Crippen molar-refractivity contribution in [3.05, 3.63) is 29.3 Å². The van der Waals surface area contributed by atoms with Crippen LogP contribution in [0.5, 0.6) is 0 Å². The van der Waals surface area contributed by atoms with E-state index in [-0.39, 0.29) is 23.6 Å². The first kappa shape index (κ1) is 11.9. The van der Waals surface area contributed by atoms with Gasteiger partial charge in [-0.25, -0.2) is 0 Å². The van der Waals surface area contributed by atoms with Crippen molar-refractivity contribution in [2.75, 3.05) is 12.4 Å². The highest BCUT2D eigenvalue weighted by Gasteiger charge is 2.39. The van der Waals surface area contributed by atoms with Crippen molar-refractivity contribution in [2.45, 2.75) is 13.3 Å². The summed E-state index contributed by atoms with van der Waals surface area (Å²) < 4.78 is 0. The summed E-state index contributed by atoms with van der Waals surface area (Å²) in [4.78, 5) is 36.5. The van der Waals surface area contributed by atoms with Gasteiger partial charge < -0.3 is 5.32 Å². The number of hydrogen-bond donors (Lipinski definition) is 1. The highest BCUT2D eigenvalue weighted by atomic mass is 16.2. The Morgan fingerprint density at radius 1 is 1.26 bits per heavy atom. The molecule has 0 aromatic heterocycles. The number of anilines is 1. The van der Waals surface area contributed by atoms with Crippen LogP contribution in [0.15, 0.2) is 18.2 Å². The Labute approximate surface area is 110 Å². The highest BCUT2D eigenvalue weighted by molar-refractivity contribution is 6.21. The molecule has 1 aliphatic heterocycles. The summed E-state index contributed by atoms with van der Waals surface area (Å²) in [5.41, 5.74) is 1.32. The van der Waals surface area contributed by atoms with Crippen LogP contribution in [0.2, 0.25) is 0 Å². The summed E-state index contributed by atoms with van der Waals surface area (Å²) in [6.45, 7) is 2.03. The zero-order valence-electron chi connectivity index (χ0n) is 10.8. The van der Waals surface area contributed by atoms with E-state index in [1.807, 2.05) is 6.92 Å². The highest BCUT2D eigenvalue weighted by Crippen LogP contribution is 2.38. The maximum atomic E-state index is 11.8. The lowest BCUT2D eigenvalue weighted by molar-refractivity contribution is -0.117. The van der Waals surface area contributed by atoms with Crippen molar-refractivity contribution in [3.63, 3.8) is 0 Å². The molecular weight excluding hydrogens is 244 g/mol. The molecule has 1 saturated carbocycles. The van der Waals surface area contributed by atoms with E-state index in [0.29, 0.717) is 22.7 Å². The molecule has 1 N–H and O–H groups in total. The van der Waals surface area contributed by atoms with Gasteiger partial charge in [-0.15, -0.1) is 0 Å². The van der Waals surface area contributed by atoms with Gasteiger partial charge >= 0.3 is 0 Å².